The molecule has 0 spiro atoms. The normalized spacial score (nSPS) is 22.9. The maximum absolute atomic E-state index is 13.1. The fraction of sp³-hybridized carbons (Fsp3) is 0.550. The Morgan fingerprint density at radius 3 is 2.56 bits per heavy atom. The Labute approximate surface area is 157 Å². The van der Waals surface area contributed by atoms with Gasteiger partial charge in [-0.2, -0.15) is 0 Å². The predicted molar refractivity (Wildman–Crippen MR) is 96.5 cm³/mol. The van der Waals surface area contributed by atoms with Crippen LogP contribution in [0, 0.1) is 11.7 Å². The molecule has 2 saturated heterocycles. The smallest absolute Gasteiger partial charge is 0.308 e. The van der Waals surface area contributed by atoms with Crippen molar-refractivity contribution in [3.8, 4) is 0 Å². The zero-order valence-corrected chi connectivity index (χ0v) is 15.3. The number of hydrogen-bond acceptors (Lipinski definition) is 3. The van der Waals surface area contributed by atoms with Crippen LogP contribution in [0.2, 0.25) is 0 Å². The van der Waals surface area contributed by atoms with Crippen molar-refractivity contribution in [2.45, 2.75) is 38.0 Å². The van der Waals surface area contributed by atoms with Crippen molar-refractivity contribution < 1.29 is 23.9 Å². The van der Waals surface area contributed by atoms with Gasteiger partial charge in [-0.25, -0.2) is 4.39 Å². The Hall–Kier alpha value is -2.44. The first-order valence-corrected chi connectivity index (χ1v) is 9.49. The van der Waals surface area contributed by atoms with Crippen LogP contribution < -0.4 is 0 Å². The van der Waals surface area contributed by atoms with E-state index in [2.05, 4.69) is 0 Å². The van der Waals surface area contributed by atoms with Gasteiger partial charge < -0.3 is 14.9 Å². The van der Waals surface area contributed by atoms with Crippen LogP contribution in [0.5, 0.6) is 0 Å². The van der Waals surface area contributed by atoms with Crippen LogP contribution in [-0.2, 0) is 14.4 Å². The number of hydrogen-bond donors (Lipinski definition) is 1. The van der Waals surface area contributed by atoms with Crippen LogP contribution >= 0.6 is 0 Å². The summed E-state index contributed by atoms with van der Waals surface area (Å²) >= 11 is 0. The molecular weight excluding hydrogens is 351 g/mol. The van der Waals surface area contributed by atoms with Gasteiger partial charge in [0.25, 0.3) is 0 Å². The topological polar surface area (TPSA) is 77.9 Å². The predicted octanol–water partition coefficient (Wildman–Crippen LogP) is 2.25. The van der Waals surface area contributed by atoms with E-state index in [1.54, 1.807) is 17.0 Å². The maximum Gasteiger partial charge on any atom is 0.308 e. The molecule has 3 rings (SSSR count). The lowest BCUT2D eigenvalue weighted by molar-refractivity contribution is -0.142. The molecule has 1 aromatic carbocycles. The average Bonchev–Trinajstić information content (AvgIpc) is 3.10. The number of carbonyl (C=O) groups is 3. The Balaban J connectivity index is 1.56. The summed E-state index contributed by atoms with van der Waals surface area (Å²) in [6.07, 6.45) is 3.40. The van der Waals surface area contributed by atoms with Gasteiger partial charge in [-0.05, 0) is 37.0 Å². The molecule has 0 saturated carbocycles. The Morgan fingerprint density at radius 2 is 1.89 bits per heavy atom. The number of aliphatic carboxylic acids is 1. The largest absolute Gasteiger partial charge is 0.481 e. The number of carbonyl (C=O) groups excluding carboxylic acids is 2. The monoisotopic (exact) mass is 376 g/mol. The number of carboxylic acid groups (broad SMARTS) is 1. The zero-order chi connectivity index (χ0) is 19.4. The molecule has 2 fully saturated rings. The summed E-state index contributed by atoms with van der Waals surface area (Å²) in [5, 5.41) is 9.52. The lowest BCUT2D eigenvalue weighted by atomic mass is 9.89. The molecule has 0 aromatic heterocycles. The number of nitrogens with zero attached hydrogens (tertiary/aromatic N) is 2. The number of amides is 2. The van der Waals surface area contributed by atoms with Gasteiger partial charge in [-0.1, -0.05) is 12.1 Å². The molecule has 6 nitrogen and oxygen atoms in total. The maximum atomic E-state index is 13.1. The molecule has 2 heterocycles. The number of halogens is 1. The number of likely N-dealkylation sites (tertiary alicyclic amines) is 2. The van der Waals surface area contributed by atoms with E-state index in [0.29, 0.717) is 32.4 Å². The standard InChI is InChI=1S/C20H25FN2O4/c21-15-8-6-14(7-9-15)16-12-23(13-17(16)20(26)27)19(25)5-3-11-22-10-2-1-4-18(22)24/h6-9,16-17H,1-5,10-13H2,(H,26,27). The summed E-state index contributed by atoms with van der Waals surface area (Å²) in [6, 6.07) is 5.81. The highest BCUT2D eigenvalue weighted by molar-refractivity contribution is 5.80. The third-order valence-electron chi connectivity index (χ3n) is 5.53. The van der Waals surface area contributed by atoms with Crippen molar-refractivity contribution in [2.24, 2.45) is 5.92 Å². The molecule has 0 aliphatic carbocycles. The van der Waals surface area contributed by atoms with Crippen LogP contribution in [-0.4, -0.2) is 58.9 Å². The second-order valence-electron chi connectivity index (χ2n) is 7.34. The van der Waals surface area contributed by atoms with Crippen molar-refractivity contribution in [1.82, 2.24) is 9.80 Å². The van der Waals surface area contributed by atoms with E-state index in [-0.39, 0.29) is 30.1 Å². The molecule has 2 aliphatic rings. The van der Waals surface area contributed by atoms with Crippen LogP contribution in [0.3, 0.4) is 0 Å². The first kappa shape index (κ1) is 19.3. The summed E-state index contributed by atoms with van der Waals surface area (Å²) in [5.74, 6) is -2.28. The molecule has 0 radical (unpaired) electrons. The highest BCUT2D eigenvalue weighted by atomic mass is 19.1. The van der Waals surface area contributed by atoms with Crippen molar-refractivity contribution in [2.75, 3.05) is 26.2 Å². The van der Waals surface area contributed by atoms with Crippen LogP contribution in [0.25, 0.3) is 0 Å². The second kappa shape index (κ2) is 8.50. The van der Waals surface area contributed by atoms with Crippen LogP contribution in [0.4, 0.5) is 4.39 Å². The van der Waals surface area contributed by atoms with Gasteiger partial charge in [0.1, 0.15) is 5.82 Å². The molecule has 27 heavy (non-hydrogen) atoms. The van der Waals surface area contributed by atoms with Gasteiger partial charge in [0.15, 0.2) is 0 Å². The minimum atomic E-state index is -0.946. The minimum absolute atomic E-state index is 0.0877. The Bertz CT molecular complexity index is 706. The third kappa shape index (κ3) is 4.64. The summed E-state index contributed by atoms with van der Waals surface area (Å²) in [7, 11) is 0. The van der Waals surface area contributed by atoms with Crippen molar-refractivity contribution in [3.63, 3.8) is 0 Å². The summed E-state index contributed by atoms with van der Waals surface area (Å²) in [5.41, 5.74) is 0.734. The number of benzene rings is 1. The zero-order valence-electron chi connectivity index (χ0n) is 15.3. The van der Waals surface area contributed by atoms with Gasteiger partial charge in [0.2, 0.25) is 11.8 Å². The molecule has 2 atom stereocenters. The van der Waals surface area contributed by atoms with E-state index in [0.717, 1.165) is 24.9 Å². The average molecular weight is 376 g/mol. The van der Waals surface area contributed by atoms with Crippen molar-refractivity contribution in [3.05, 3.63) is 35.6 Å². The Morgan fingerprint density at radius 1 is 1.15 bits per heavy atom. The third-order valence-corrected chi connectivity index (χ3v) is 5.53. The minimum Gasteiger partial charge on any atom is -0.481 e. The van der Waals surface area contributed by atoms with Crippen molar-refractivity contribution in [1.29, 1.82) is 0 Å². The number of piperidine rings is 1. The summed E-state index contributed by atoms with van der Waals surface area (Å²) in [4.78, 5) is 39.4. The molecule has 2 aliphatic heterocycles. The Kier molecular flexibility index (Phi) is 6.08. The fourth-order valence-corrected chi connectivity index (χ4v) is 3.98. The van der Waals surface area contributed by atoms with Gasteiger partial charge in [-0.3, -0.25) is 14.4 Å². The highest BCUT2D eigenvalue weighted by Gasteiger charge is 2.40. The lowest BCUT2D eigenvalue weighted by Crippen LogP contribution is -2.37. The molecule has 7 heteroatoms. The molecule has 2 amide bonds. The molecule has 1 aromatic rings. The van der Waals surface area contributed by atoms with Gasteiger partial charge in [-0.15, -0.1) is 0 Å². The number of carboxylic acids is 1. The van der Waals surface area contributed by atoms with E-state index in [4.69, 9.17) is 0 Å². The van der Waals surface area contributed by atoms with E-state index in [9.17, 15) is 23.9 Å². The molecular formula is C20H25FN2O4. The SMILES string of the molecule is O=C(O)C1CN(C(=O)CCCN2CCCCC2=O)CC1c1ccc(F)cc1. The molecule has 1 N–H and O–H groups in total. The number of rotatable bonds is 6. The van der Waals surface area contributed by atoms with Gasteiger partial charge in [0, 0.05) is 44.9 Å². The first-order valence-electron chi connectivity index (χ1n) is 9.49. The fourth-order valence-electron chi connectivity index (χ4n) is 3.98. The van der Waals surface area contributed by atoms with E-state index in [1.165, 1.54) is 12.1 Å². The lowest BCUT2D eigenvalue weighted by Gasteiger charge is -2.26. The van der Waals surface area contributed by atoms with E-state index < -0.39 is 11.9 Å². The molecule has 0 bridgehead atoms. The van der Waals surface area contributed by atoms with E-state index in [1.807, 2.05) is 4.90 Å². The van der Waals surface area contributed by atoms with Crippen LogP contribution in [0.15, 0.2) is 24.3 Å². The summed E-state index contributed by atoms with van der Waals surface area (Å²) in [6.45, 7) is 1.82. The van der Waals surface area contributed by atoms with Crippen molar-refractivity contribution >= 4 is 17.8 Å². The highest BCUT2D eigenvalue weighted by Crippen LogP contribution is 2.33. The van der Waals surface area contributed by atoms with Gasteiger partial charge >= 0.3 is 5.97 Å². The second-order valence-corrected chi connectivity index (χ2v) is 7.34. The van der Waals surface area contributed by atoms with Gasteiger partial charge in [0.05, 0.1) is 5.92 Å². The molecule has 2 unspecified atom stereocenters. The molecule has 146 valence electrons. The summed E-state index contributed by atoms with van der Waals surface area (Å²) < 4.78 is 13.1. The quantitative estimate of drug-likeness (QED) is 0.826. The first-order chi connectivity index (χ1) is 13.0. The van der Waals surface area contributed by atoms with E-state index >= 15 is 0 Å². The van der Waals surface area contributed by atoms with Crippen LogP contribution in [0.1, 0.15) is 43.6 Å².